The third kappa shape index (κ3) is 2.87. The molecular formula is C24H17NO3S. The molecule has 0 saturated heterocycles. The minimum Gasteiger partial charge on any atom is -0.453 e. The molecule has 2 heterocycles. The molecule has 0 radical (unpaired) electrons. The summed E-state index contributed by atoms with van der Waals surface area (Å²) in [5.41, 5.74) is 2.26. The summed E-state index contributed by atoms with van der Waals surface area (Å²) in [4.78, 5) is 0.235. The number of nitrogens with zero attached hydrogens (tertiary/aromatic N) is 1. The third-order valence-electron chi connectivity index (χ3n) is 4.89. The molecule has 29 heavy (non-hydrogen) atoms. The van der Waals surface area contributed by atoms with Crippen LogP contribution in [-0.2, 0) is 10.0 Å². The second-order valence-electron chi connectivity index (χ2n) is 6.68. The van der Waals surface area contributed by atoms with Crippen LogP contribution in [0.3, 0.4) is 0 Å². The summed E-state index contributed by atoms with van der Waals surface area (Å²) in [6.07, 6.45) is 1.60. The Balaban J connectivity index is 1.83. The van der Waals surface area contributed by atoms with Gasteiger partial charge in [0.2, 0.25) is 0 Å². The molecule has 3 aromatic carbocycles. The summed E-state index contributed by atoms with van der Waals surface area (Å²) in [6, 6.07) is 29.5. The Morgan fingerprint density at radius 3 is 1.72 bits per heavy atom. The first-order valence-electron chi connectivity index (χ1n) is 9.21. The van der Waals surface area contributed by atoms with Crippen molar-refractivity contribution in [3.63, 3.8) is 0 Å². The third-order valence-corrected chi connectivity index (χ3v) is 6.58. The molecule has 0 aliphatic carbocycles. The first kappa shape index (κ1) is 17.5. The van der Waals surface area contributed by atoms with E-state index < -0.39 is 10.0 Å². The van der Waals surface area contributed by atoms with Gasteiger partial charge in [0.1, 0.15) is 11.3 Å². The number of benzene rings is 3. The van der Waals surface area contributed by atoms with Gasteiger partial charge in [0.05, 0.1) is 4.90 Å². The minimum atomic E-state index is -3.76. The van der Waals surface area contributed by atoms with Crippen molar-refractivity contribution in [3.8, 4) is 22.6 Å². The molecule has 0 unspecified atom stereocenters. The number of rotatable bonds is 4. The highest BCUT2D eigenvalue weighted by Gasteiger charge is 2.26. The lowest BCUT2D eigenvalue weighted by atomic mass is 10.1. The Labute approximate surface area is 168 Å². The van der Waals surface area contributed by atoms with E-state index in [2.05, 4.69) is 0 Å². The number of furan rings is 1. The van der Waals surface area contributed by atoms with Crippen molar-refractivity contribution in [3.05, 3.63) is 103 Å². The van der Waals surface area contributed by atoms with Gasteiger partial charge in [-0.3, -0.25) is 0 Å². The largest absolute Gasteiger partial charge is 0.453 e. The highest BCUT2D eigenvalue weighted by atomic mass is 32.2. The lowest BCUT2D eigenvalue weighted by Gasteiger charge is -2.07. The smallest absolute Gasteiger partial charge is 0.268 e. The second-order valence-corrected chi connectivity index (χ2v) is 8.50. The molecule has 142 valence electrons. The van der Waals surface area contributed by atoms with Gasteiger partial charge < -0.3 is 4.42 Å². The summed E-state index contributed by atoms with van der Waals surface area (Å²) in [7, 11) is -3.76. The maximum Gasteiger partial charge on any atom is 0.268 e. The molecule has 5 aromatic rings. The summed E-state index contributed by atoms with van der Waals surface area (Å²) < 4.78 is 34.3. The van der Waals surface area contributed by atoms with Gasteiger partial charge in [0.25, 0.3) is 10.0 Å². The first-order valence-corrected chi connectivity index (χ1v) is 10.7. The lowest BCUT2D eigenvalue weighted by molar-refractivity contribution is 0.585. The van der Waals surface area contributed by atoms with Crippen molar-refractivity contribution >= 4 is 20.9 Å². The fraction of sp³-hybridized carbons (Fsp3) is 0. The Morgan fingerprint density at radius 2 is 1.14 bits per heavy atom. The van der Waals surface area contributed by atoms with E-state index in [1.165, 1.54) is 3.97 Å². The van der Waals surface area contributed by atoms with Crippen molar-refractivity contribution in [1.29, 1.82) is 0 Å². The number of hydrogen-bond acceptors (Lipinski definition) is 3. The molecule has 5 rings (SSSR count). The van der Waals surface area contributed by atoms with Crippen LogP contribution in [-0.4, -0.2) is 12.4 Å². The SMILES string of the molecule is O=S(=O)(c1ccccc1)n1ccc2c(-c3ccccc3)oc(-c3ccccc3)c21. The van der Waals surface area contributed by atoms with E-state index in [1.807, 2.05) is 60.7 Å². The van der Waals surface area contributed by atoms with Gasteiger partial charge in [-0.25, -0.2) is 12.4 Å². The van der Waals surface area contributed by atoms with Crippen LogP contribution in [0.5, 0.6) is 0 Å². The lowest BCUT2D eigenvalue weighted by Crippen LogP contribution is -2.11. The maximum atomic E-state index is 13.4. The Hall–Kier alpha value is -3.57. The highest BCUT2D eigenvalue weighted by molar-refractivity contribution is 7.90. The molecule has 0 saturated carbocycles. The van der Waals surface area contributed by atoms with Crippen molar-refractivity contribution in [2.75, 3.05) is 0 Å². The summed E-state index contributed by atoms with van der Waals surface area (Å²) >= 11 is 0. The Morgan fingerprint density at radius 1 is 0.621 bits per heavy atom. The molecule has 4 nitrogen and oxygen atoms in total. The summed E-state index contributed by atoms with van der Waals surface area (Å²) in [5, 5.41) is 0.759. The van der Waals surface area contributed by atoms with Crippen molar-refractivity contribution in [1.82, 2.24) is 3.97 Å². The average molecular weight is 399 g/mol. The molecule has 0 aliphatic rings. The molecular weight excluding hydrogens is 382 g/mol. The molecule has 0 fully saturated rings. The van der Waals surface area contributed by atoms with E-state index in [9.17, 15) is 8.42 Å². The van der Waals surface area contributed by atoms with Gasteiger partial charge in [0.15, 0.2) is 5.76 Å². The monoisotopic (exact) mass is 399 g/mol. The molecule has 0 spiro atoms. The minimum absolute atomic E-state index is 0.235. The van der Waals surface area contributed by atoms with E-state index in [1.54, 1.807) is 42.6 Å². The Kier molecular flexibility index (Phi) is 4.11. The van der Waals surface area contributed by atoms with E-state index in [0.29, 0.717) is 17.0 Å². The zero-order valence-corrected chi connectivity index (χ0v) is 16.2. The van der Waals surface area contributed by atoms with Gasteiger partial charge in [-0.15, -0.1) is 0 Å². The van der Waals surface area contributed by atoms with E-state index in [-0.39, 0.29) is 4.90 Å². The van der Waals surface area contributed by atoms with Gasteiger partial charge in [-0.2, -0.15) is 0 Å². The first-order chi connectivity index (χ1) is 14.2. The second kappa shape index (κ2) is 6.79. The highest BCUT2D eigenvalue weighted by Crippen LogP contribution is 2.40. The molecule has 0 N–H and O–H groups in total. The zero-order chi connectivity index (χ0) is 19.8. The van der Waals surface area contributed by atoms with Gasteiger partial charge >= 0.3 is 0 Å². The number of hydrogen-bond donors (Lipinski definition) is 0. The van der Waals surface area contributed by atoms with E-state index in [4.69, 9.17) is 4.42 Å². The molecule has 2 aromatic heterocycles. The van der Waals surface area contributed by atoms with E-state index >= 15 is 0 Å². The Bertz CT molecular complexity index is 1380. The number of aromatic nitrogens is 1. The average Bonchev–Trinajstić information content (AvgIpc) is 3.37. The number of fused-ring (bicyclic) bond motifs is 1. The van der Waals surface area contributed by atoms with Crippen LogP contribution in [0.15, 0.2) is 113 Å². The maximum absolute atomic E-state index is 13.4. The fourth-order valence-corrected chi connectivity index (χ4v) is 4.89. The molecule has 0 aliphatic heterocycles. The van der Waals surface area contributed by atoms with Crippen LogP contribution in [0, 0.1) is 0 Å². The van der Waals surface area contributed by atoms with Crippen molar-refractivity contribution in [2.45, 2.75) is 4.90 Å². The summed E-state index contributed by atoms with van der Waals surface area (Å²) in [6.45, 7) is 0. The van der Waals surface area contributed by atoms with Crippen molar-refractivity contribution in [2.24, 2.45) is 0 Å². The van der Waals surface area contributed by atoms with Crippen LogP contribution in [0.25, 0.3) is 33.6 Å². The van der Waals surface area contributed by atoms with E-state index in [0.717, 1.165) is 16.5 Å². The molecule has 5 heteroatoms. The normalized spacial score (nSPS) is 11.7. The quantitative estimate of drug-likeness (QED) is 0.383. The standard InChI is InChI=1S/C24H17NO3S/c26-29(27,20-14-8-3-9-15-20)25-17-16-21-22(25)24(19-12-6-2-7-13-19)28-23(21)18-10-4-1-5-11-18/h1-17H. The fourth-order valence-electron chi connectivity index (χ4n) is 3.52. The van der Waals surface area contributed by atoms with Crippen LogP contribution >= 0.6 is 0 Å². The van der Waals surface area contributed by atoms with Crippen LogP contribution in [0.1, 0.15) is 0 Å². The van der Waals surface area contributed by atoms with Crippen LogP contribution in [0.4, 0.5) is 0 Å². The molecule has 0 bridgehead atoms. The van der Waals surface area contributed by atoms with Crippen molar-refractivity contribution < 1.29 is 12.8 Å². The van der Waals surface area contributed by atoms with Gasteiger partial charge in [-0.05, 0) is 18.2 Å². The molecule has 0 amide bonds. The van der Waals surface area contributed by atoms with Gasteiger partial charge in [0, 0.05) is 22.7 Å². The molecule has 0 atom stereocenters. The predicted octanol–water partition coefficient (Wildman–Crippen LogP) is 5.81. The topological polar surface area (TPSA) is 52.2 Å². The van der Waals surface area contributed by atoms with Crippen LogP contribution < -0.4 is 0 Å². The van der Waals surface area contributed by atoms with Gasteiger partial charge in [-0.1, -0.05) is 78.9 Å². The summed E-state index contributed by atoms with van der Waals surface area (Å²) in [5.74, 6) is 1.19. The predicted molar refractivity (Wildman–Crippen MR) is 114 cm³/mol. The zero-order valence-electron chi connectivity index (χ0n) is 15.4. The van der Waals surface area contributed by atoms with Crippen LogP contribution in [0.2, 0.25) is 0 Å².